The van der Waals surface area contributed by atoms with Crippen LogP contribution in [0.25, 0.3) is 0 Å². The largest absolute Gasteiger partial charge is 0.496 e. The Hall–Kier alpha value is -2.12. The van der Waals surface area contributed by atoms with Gasteiger partial charge in [-0.2, -0.15) is 0 Å². The number of pyridine rings is 1. The van der Waals surface area contributed by atoms with Crippen LogP contribution in [0.5, 0.6) is 11.6 Å². The summed E-state index contributed by atoms with van der Waals surface area (Å²) in [5, 5.41) is 3.46. The first-order valence-corrected chi connectivity index (χ1v) is 8.46. The van der Waals surface area contributed by atoms with Crippen molar-refractivity contribution in [2.24, 2.45) is 0 Å². The van der Waals surface area contributed by atoms with Crippen LogP contribution in [0.4, 0.5) is 5.69 Å². The third-order valence-electron chi connectivity index (χ3n) is 3.35. The number of carbonyl (C=O) groups excluding carboxylic acids is 1. The molecule has 6 nitrogen and oxygen atoms in total. The Labute approximate surface area is 149 Å². The van der Waals surface area contributed by atoms with Gasteiger partial charge in [0, 0.05) is 5.02 Å². The second-order valence-electron chi connectivity index (χ2n) is 5.26. The number of halogens is 1. The van der Waals surface area contributed by atoms with Crippen molar-refractivity contribution >= 4 is 35.1 Å². The van der Waals surface area contributed by atoms with Gasteiger partial charge in [0.2, 0.25) is 5.88 Å². The molecule has 1 unspecified atom stereocenters. The number of hydrogen-bond donors (Lipinski definition) is 2. The van der Waals surface area contributed by atoms with Crippen LogP contribution in [0.3, 0.4) is 0 Å². The number of aromatic nitrogens is 1. The summed E-state index contributed by atoms with van der Waals surface area (Å²) in [5.74, 6) is 0.846. The molecule has 1 aromatic carbocycles. The Balaban J connectivity index is 1.79. The van der Waals surface area contributed by atoms with E-state index < -0.39 is 0 Å². The van der Waals surface area contributed by atoms with Crippen LogP contribution in [-0.4, -0.2) is 30.6 Å². The topological polar surface area (TPSA) is 72.5 Å². The molecular formula is C16H16ClN3O3S. The normalized spacial score (nSPS) is 16.5. The van der Waals surface area contributed by atoms with E-state index in [1.807, 2.05) is 6.92 Å². The summed E-state index contributed by atoms with van der Waals surface area (Å²) in [6.07, 6.45) is 1.62. The molecule has 2 aromatic rings. The summed E-state index contributed by atoms with van der Waals surface area (Å²) in [4.78, 5) is 17.2. The zero-order chi connectivity index (χ0) is 17.1. The molecule has 0 bridgehead atoms. The van der Waals surface area contributed by atoms with E-state index in [4.69, 9.17) is 21.1 Å². The van der Waals surface area contributed by atoms with Gasteiger partial charge in [0.15, 0.2) is 0 Å². The Bertz CT molecular complexity index is 772. The zero-order valence-corrected chi connectivity index (χ0v) is 14.7. The maximum Gasteiger partial charge on any atom is 0.257 e. The summed E-state index contributed by atoms with van der Waals surface area (Å²) in [6, 6.07) is 7.00. The highest BCUT2D eigenvalue weighted by atomic mass is 35.5. The second-order valence-corrected chi connectivity index (χ2v) is 6.55. The van der Waals surface area contributed by atoms with Crippen LogP contribution >= 0.6 is 23.5 Å². The number of carbonyl (C=O) groups is 1. The van der Waals surface area contributed by atoms with Gasteiger partial charge < -0.3 is 19.5 Å². The lowest BCUT2D eigenvalue weighted by Gasteiger charge is -2.11. The van der Waals surface area contributed by atoms with Crippen molar-refractivity contribution in [3.05, 3.63) is 41.0 Å². The molecule has 0 saturated carbocycles. The van der Waals surface area contributed by atoms with Crippen molar-refractivity contribution in [1.29, 1.82) is 0 Å². The Kier molecular flexibility index (Phi) is 5.01. The van der Waals surface area contributed by atoms with E-state index in [2.05, 4.69) is 15.0 Å². The molecule has 0 radical (unpaired) electrons. The quantitative estimate of drug-likeness (QED) is 0.809. The molecule has 126 valence electrons. The van der Waals surface area contributed by atoms with Gasteiger partial charge in [-0.05, 0) is 43.1 Å². The highest BCUT2D eigenvalue weighted by Gasteiger charge is 2.21. The summed E-state index contributed by atoms with van der Waals surface area (Å²) in [6.45, 7) is 2.27. The predicted octanol–water partition coefficient (Wildman–Crippen LogP) is 3.37. The van der Waals surface area contributed by atoms with Crippen molar-refractivity contribution in [2.75, 3.05) is 18.4 Å². The Morgan fingerprint density at radius 1 is 1.46 bits per heavy atom. The molecule has 2 N–H and O–H groups in total. The SMILES string of the molecule is COc1ccc(Cl)cc1SNc1cnc2c(c1)C(=O)NC(C)CO2. The molecule has 0 spiro atoms. The van der Waals surface area contributed by atoms with Crippen molar-refractivity contribution < 1.29 is 14.3 Å². The van der Waals surface area contributed by atoms with Crippen molar-refractivity contribution in [3.63, 3.8) is 0 Å². The summed E-state index contributed by atoms with van der Waals surface area (Å²) < 4.78 is 14.0. The number of nitrogens with zero attached hydrogens (tertiary/aromatic N) is 1. The smallest absolute Gasteiger partial charge is 0.257 e. The Morgan fingerprint density at radius 3 is 3.08 bits per heavy atom. The fourth-order valence-corrected chi connectivity index (χ4v) is 3.19. The van der Waals surface area contributed by atoms with E-state index in [1.165, 1.54) is 11.9 Å². The lowest BCUT2D eigenvalue weighted by molar-refractivity contribution is 0.0942. The monoisotopic (exact) mass is 365 g/mol. The molecular weight excluding hydrogens is 350 g/mol. The first-order chi connectivity index (χ1) is 11.6. The van der Waals surface area contributed by atoms with Crippen molar-refractivity contribution in [2.45, 2.75) is 17.9 Å². The molecule has 8 heteroatoms. The molecule has 0 fully saturated rings. The Morgan fingerprint density at radius 2 is 2.29 bits per heavy atom. The number of hydrogen-bond acceptors (Lipinski definition) is 6. The van der Waals surface area contributed by atoms with Gasteiger partial charge in [0.1, 0.15) is 17.9 Å². The van der Waals surface area contributed by atoms with E-state index in [0.29, 0.717) is 34.5 Å². The van der Waals surface area contributed by atoms with Gasteiger partial charge in [-0.25, -0.2) is 4.98 Å². The minimum Gasteiger partial charge on any atom is -0.496 e. The van der Waals surface area contributed by atoms with Crippen LogP contribution in [0.15, 0.2) is 35.4 Å². The van der Waals surface area contributed by atoms with Gasteiger partial charge in [-0.1, -0.05) is 11.6 Å². The number of benzene rings is 1. The third-order valence-corrected chi connectivity index (χ3v) is 4.46. The highest BCUT2D eigenvalue weighted by Crippen LogP contribution is 2.33. The van der Waals surface area contributed by atoms with Crippen LogP contribution < -0.4 is 19.5 Å². The first kappa shape index (κ1) is 16.7. The fourth-order valence-electron chi connectivity index (χ4n) is 2.18. The zero-order valence-electron chi connectivity index (χ0n) is 13.1. The molecule has 0 saturated heterocycles. The number of rotatable bonds is 4. The van der Waals surface area contributed by atoms with Gasteiger partial charge >= 0.3 is 0 Å². The van der Waals surface area contributed by atoms with E-state index in [-0.39, 0.29) is 11.9 Å². The average Bonchev–Trinajstić information content (AvgIpc) is 2.71. The first-order valence-electron chi connectivity index (χ1n) is 7.27. The van der Waals surface area contributed by atoms with E-state index in [9.17, 15) is 4.79 Å². The predicted molar refractivity (Wildman–Crippen MR) is 94.1 cm³/mol. The van der Waals surface area contributed by atoms with Gasteiger partial charge in [0.05, 0.1) is 29.9 Å². The molecule has 3 rings (SSSR count). The van der Waals surface area contributed by atoms with Gasteiger partial charge in [-0.15, -0.1) is 0 Å². The average molecular weight is 366 g/mol. The summed E-state index contributed by atoms with van der Waals surface area (Å²) in [7, 11) is 1.60. The standard InChI is InChI=1S/C16H16ClN3O3S/c1-9-8-23-16-12(15(21)19-9)6-11(7-18-16)20-24-14-5-10(17)3-4-13(14)22-2/h3-7,9,20H,8H2,1-2H3,(H,19,21). The molecule has 1 aliphatic heterocycles. The van der Waals surface area contributed by atoms with E-state index in [0.717, 1.165) is 4.90 Å². The molecule has 1 aromatic heterocycles. The van der Waals surface area contributed by atoms with Gasteiger partial charge in [0.25, 0.3) is 5.91 Å². The third kappa shape index (κ3) is 3.68. The van der Waals surface area contributed by atoms with Crippen LogP contribution in [-0.2, 0) is 0 Å². The molecule has 0 aliphatic carbocycles. The molecule has 1 aliphatic rings. The van der Waals surface area contributed by atoms with Crippen LogP contribution in [0, 0.1) is 0 Å². The minimum absolute atomic E-state index is 0.0618. The lowest BCUT2D eigenvalue weighted by Crippen LogP contribution is -2.33. The van der Waals surface area contributed by atoms with Crippen LogP contribution in [0.1, 0.15) is 17.3 Å². The molecule has 1 atom stereocenters. The van der Waals surface area contributed by atoms with Gasteiger partial charge in [-0.3, -0.25) is 4.79 Å². The molecule has 2 heterocycles. The highest BCUT2D eigenvalue weighted by molar-refractivity contribution is 8.00. The number of ether oxygens (including phenoxy) is 2. The number of amides is 1. The summed E-state index contributed by atoms with van der Waals surface area (Å²) in [5.41, 5.74) is 1.08. The number of nitrogens with one attached hydrogen (secondary N) is 2. The van der Waals surface area contributed by atoms with Crippen molar-refractivity contribution in [1.82, 2.24) is 10.3 Å². The molecule has 24 heavy (non-hydrogen) atoms. The number of methoxy groups -OCH3 is 1. The maximum absolute atomic E-state index is 12.2. The van der Waals surface area contributed by atoms with E-state index in [1.54, 1.807) is 37.6 Å². The minimum atomic E-state index is -0.198. The fraction of sp³-hybridized carbons (Fsp3) is 0.250. The van der Waals surface area contributed by atoms with Crippen LogP contribution in [0.2, 0.25) is 5.02 Å². The maximum atomic E-state index is 12.2. The lowest BCUT2D eigenvalue weighted by atomic mass is 10.2. The summed E-state index contributed by atoms with van der Waals surface area (Å²) >= 11 is 7.35. The number of fused-ring (bicyclic) bond motifs is 1. The number of anilines is 1. The second kappa shape index (κ2) is 7.19. The van der Waals surface area contributed by atoms with Crippen molar-refractivity contribution in [3.8, 4) is 11.6 Å². The van der Waals surface area contributed by atoms with E-state index >= 15 is 0 Å². The molecule has 1 amide bonds.